The molecule has 3 rings (SSSR count). The standard InChI is InChI=1S/C22H18N4O5/c1-14-3-2-4-16(11-14)21(28)24-18-7-5-15(6-8-18)22(29)25-23-13-17-12-19(26(30)31)9-10-20(17)27/h2-13,27H,1H3,(H,24,28)(H,25,29). The molecule has 9 heteroatoms. The SMILES string of the molecule is Cc1cccc(C(=O)Nc2ccc(C(=O)NN=Cc3cc([N+](=O)[O-])ccc3O)cc2)c1. The summed E-state index contributed by atoms with van der Waals surface area (Å²) in [6.07, 6.45) is 1.11. The number of anilines is 1. The van der Waals surface area contributed by atoms with Crippen molar-refractivity contribution in [1.82, 2.24) is 5.43 Å². The number of benzene rings is 3. The van der Waals surface area contributed by atoms with Gasteiger partial charge >= 0.3 is 0 Å². The van der Waals surface area contributed by atoms with E-state index in [1.807, 2.05) is 13.0 Å². The second-order valence-electron chi connectivity index (χ2n) is 6.60. The lowest BCUT2D eigenvalue weighted by molar-refractivity contribution is -0.384. The molecule has 156 valence electrons. The molecule has 3 aromatic rings. The molecule has 0 saturated carbocycles. The molecular weight excluding hydrogens is 400 g/mol. The Balaban J connectivity index is 1.62. The Morgan fingerprint density at radius 3 is 2.42 bits per heavy atom. The normalized spacial score (nSPS) is 10.6. The zero-order valence-electron chi connectivity index (χ0n) is 16.4. The summed E-state index contributed by atoms with van der Waals surface area (Å²) in [5, 5.41) is 27.0. The summed E-state index contributed by atoms with van der Waals surface area (Å²) in [6.45, 7) is 1.90. The largest absolute Gasteiger partial charge is 0.507 e. The summed E-state index contributed by atoms with van der Waals surface area (Å²) in [5.74, 6) is -1.00. The average molecular weight is 418 g/mol. The van der Waals surface area contributed by atoms with Crippen molar-refractivity contribution in [2.24, 2.45) is 5.10 Å². The number of phenols is 1. The van der Waals surface area contributed by atoms with E-state index in [9.17, 15) is 24.8 Å². The molecule has 2 amide bonds. The van der Waals surface area contributed by atoms with Crippen molar-refractivity contribution in [3.05, 3.63) is 99.1 Å². The van der Waals surface area contributed by atoms with Gasteiger partial charge in [0.1, 0.15) is 5.75 Å². The van der Waals surface area contributed by atoms with Gasteiger partial charge in [0.2, 0.25) is 0 Å². The molecule has 9 nitrogen and oxygen atoms in total. The van der Waals surface area contributed by atoms with Crippen LogP contribution in [-0.2, 0) is 0 Å². The Morgan fingerprint density at radius 2 is 1.74 bits per heavy atom. The lowest BCUT2D eigenvalue weighted by Crippen LogP contribution is -2.18. The van der Waals surface area contributed by atoms with Crippen LogP contribution in [0.5, 0.6) is 5.75 Å². The predicted molar refractivity (Wildman–Crippen MR) is 115 cm³/mol. The zero-order chi connectivity index (χ0) is 22.4. The van der Waals surface area contributed by atoms with Crippen LogP contribution in [0.4, 0.5) is 11.4 Å². The van der Waals surface area contributed by atoms with Crippen molar-refractivity contribution >= 4 is 29.4 Å². The molecule has 0 aliphatic heterocycles. The van der Waals surface area contributed by atoms with E-state index in [2.05, 4.69) is 15.8 Å². The highest BCUT2D eigenvalue weighted by Gasteiger charge is 2.10. The fourth-order valence-electron chi connectivity index (χ4n) is 2.68. The van der Waals surface area contributed by atoms with Crippen LogP contribution in [0.2, 0.25) is 0 Å². The molecule has 0 heterocycles. The van der Waals surface area contributed by atoms with Gasteiger partial charge in [-0.05, 0) is 49.4 Å². The summed E-state index contributed by atoms with van der Waals surface area (Å²) >= 11 is 0. The zero-order valence-corrected chi connectivity index (χ0v) is 16.4. The molecule has 0 aliphatic carbocycles. The molecular formula is C22H18N4O5. The molecule has 0 saturated heterocycles. The minimum atomic E-state index is -0.603. The number of nitro benzene ring substituents is 1. The Morgan fingerprint density at radius 1 is 1.00 bits per heavy atom. The molecule has 0 fully saturated rings. The molecule has 0 bridgehead atoms. The first-order valence-electron chi connectivity index (χ1n) is 9.12. The van der Waals surface area contributed by atoms with Crippen molar-refractivity contribution in [3.8, 4) is 5.75 Å². The van der Waals surface area contributed by atoms with Gasteiger partial charge < -0.3 is 10.4 Å². The van der Waals surface area contributed by atoms with Crippen molar-refractivity contribution in [2.45, 2.75) is 6.92 Å². The Hall–Kier alpha value is -4.53. The van der Waals surface area contributed by atoms with Crippen LogP contribution in [0.15, 0.2) is 71.8 Å². The molecule has 0 atom stereocenters. The molecule has 3 aromatic carbocycles. The quantitative estimate of drug-likeness (QED) is 0.319. The van der Waals surface area contributed by atoms with Gasteiger partial charge in [-0.1, -0.05) is 17.7 Å². The maximum atomic E-state index is 12.3. The number of phenolic OH excluding ortho intramolecular Hbond substituents is 1. The number of aromatic hydroxyl groups is 1. The van der Waals surface area contributed by atoms with Crippen molar-refractivity contribution in [3.63, 3.8) is 0 Å². The second-order valence-corrected chi connectivity index (χ2v) is 6.60. The lowest BCUT2D eigenvalue weighted by atomic mass is 10.1. The fourth-order valence-corrected chi connectivity index (χ4v) is 2.68. The number of carbonyl (C=O) groups is 2. The first-order chi connectivity index (χ1) is 14.8. The van der Waals surface area contributed by atoms with Gasteiger partial charge in [0.05, 0.1) is 11.1 Å². The third-order valence-corrected chi connectivity index (χ3v) is 4.28. The molecule has 31 heavy (non-hydrogen) atoms. The number of hydrogen-bond acceptors (Lipinski definition) is 6. The highest BCUT2D eigenvalue weighted by atomic mass is 16.6. The van der Waals surface area contributed by atoms with E-state index >= 15 is 0 Å². The van der Waals surface area contributed by atoms with Crippen LogP contribution < -0.4 is 10.7 Å². The lowest BCUT2D eigenvalue weighted by Gasteiger charge is -2.07. The first kappa shape index (κ1) is 21.2. The van der Waals surface area contributed by atoms with Crippen LogP contribution >= 0.6 is 0 Å². The number of carbonyl (C=O) groups excluding carboxylic acids is 2. The summed E-state index contributed by atoms with van der Waals surface area (Å²) in [7, 11) is 0. The Labute approximate surface area is 177 Å². The van der Waals surface area contributed by atoms with E-state index in [-0.39, 0.29) is 28.5 Å². The van der Waals surface area contributed by atoms with E-state index in [1.165, 1.54) is 18.2 Å². The van der Waals surface area contributed by atoms with Gasteiger partial charge in [0.25, 0.3) is 17.5 Å². The third-order valence-electron chi connectivity index (χ3n) is 4.28. The molecule has 0 radical (unpaired) electrons. The maximum Gasteiger partial charge on any atom is 0.271 e. The van der Waals surface area contributed by atoms with Gasteiger partial charge in [-0.2, -0.15) is 5.10 Å². The van der Waals surface area contributed by atoms with Crippen LogP contribution in [0.3, 0.4) is 0 Å². The van der Waals surface area contributed by atoms with E-state index in [1.54, 1.807) is 30.3 Å². The third kappa shape index (κ3) is 5.51. The smallest absolute Gasteiger partial charge is 0.271 e. The van der Waals surface area contributed by atoms with Crippen molar-refractivity contribution in [1.29, 1.82) is 0 Å². The number of non-ortho nitro benzene ring substituents is 1. The summed E-state index contributed by atoms with van der Waals surface area (Å²) in [6, 6.07) is 16.8. The maximum absolute atomic E-state index is 12.3. The summed E-state index contributed by atoms with van der Waals surface area (Å²) in [5.41, 5.74) is 4.46. The van der Waals surface area contributed by atoms with Gasteiger partial charge in [-0.3, -0.25) is 19.7 Å². The highest BCUT2D eigenvalue weighted by molar-refractivity contribution is 6.04. The number of nitrogens with one attached hydrogen (secondary N) is 2. The van der Waals surface area contributed by atoms with E-state index in [4.69, 9.17) is 0 Å². The highest BCUT2D eigenvalue weighted by Crippen LogP contribution is 2.21. The van der Waals surface area contributed by atoms with Crippen LogP contribution in [0, 0.1) is 17.0 Å². The van der Waals surface area contributed by atoms with Crippen LogP contribution in [0.25, 0.3) is 0 Å². The molecule has 0 aliphatic rings. The second kappa shape index (κ2) is 9.31. The van der Waals surface area contributed by atoms with E-state index in [0.29, 0.717) is 11.3 Å². The van der Waals surface area contributed by atoms with Gasteiger partial charge in [-0.25, -0.2) is 5.43 Å². The van der Waals surface area contributed by atoms with Crippen LogP contribution in [0.1, 0.15) is 31.8 Å². The molecule has 3 N–H and O–H groups in total. The number of hydrazone groups is 1. The van der Waals surface area contributed by atoms with Gasteiger partial charge in [0.15, 0.2) is 0 Å². The first-order valence-corrected chi connectivity index (χ1v) is 9.12. The van der Waals surface area contributed by atoms with Gasteiger partial charge in [0, 0.05) is 34.5 Å². The number of hydrogen-bond donors (Lipinski definition) is 3. The molecule has 0 aromatic heterocycles. The van der Waals surface area contributed by atoms with E-state index in [0.717, 1.165) is 23.9 Å². The average Bonchev–Trinajstić information content (AvgIpc) is 2.75. The number of rotatable bonds is 6. The topological polar surface area (TPSA) is 134 Å². The van der Waals surface area contributed by atoms with E-state index < -0.39 is 10.8 Å². The monoisotopic (exact) mass is 418 g/mol. The molecule has 0 unspecified atom stereocenters. The minimum absolute atomic E-state index is 0.0868. The Kier molecular flexibility index (Phi) is 6.36. The van der Waals surface area contributed by atoms with Crippen molar-refractivity contribution < 1.29 is 19.6 Å². The van der Waals surface area contributed by atoms with Gasteiger partial charge in [-0.15, -0.1) is 0 Å². The van der Waals surface area contributed by atoms with Crippen molar-refractivity contribution in [2.75, 3.05) is 5.32 Å². The molecule has 0 spiro atoms. The predicted octanol–water partition coefficient (Wildman–Crippen LogP) is 3.63. The summed E-state index contributed by atoms with van der Waals surface area (Å²) < 4.78 is 0. The number of nitro groups is 1. The Bertz CT molecular complexity index is 1170. The number of aryl methyl sites for hydroxylation is 1. The summed E-state index contributed by atoms with van der Waals surface area (Å²) in [4.78, 5) is 34.7. The fraction of sp³-hybridized carbons (Fsp3) is 0.0455. The number of nitrogens with zero attached hydrogens (tertiary/aromatic N) is 2. The number of amides is 2. The minimum Gasteiger partial charge on any atom is -0.507 e. The van der Waals surface area contributed by atoms with Crippen LogP contribution in [-0.4, -0.2) is 28.1 Å².